The largest absolute Gasteiger partial charge is 0.462 e. The molecule has 208 valence electrons. The van der Waals surface area contributed by atoms with Crippen LogP contribution in [0, 0.1) is 5.41 Å². The maximum absolute atomic E-state index is 13.7. The number of hydrogen-bond donors (Lipinski definition) is 0. The van der Waals surface area contributed by atoms with Crippen molar-refractivity contribution in [3.05, 3.63) is 114 Å². The van der Waals surface area contributed by atoms with Crippen molar-refractivity contribution >= 4 is 17.5 Å². The summed E-state index contributed by atoms with van der Waals surface area (Å²) >= 11 is 0. The molecule has 0 radical (unpaired) electrons. The van der Waals surface area contributed by atoms with Gasteiger partial charge in [-0.15, -0.1) is 0 Å². The van der Waals surface area contributed by atoms with Gasteiger partial charge in [0.15, 0.2) is 5.41 Å². The highest BCUT2D eigenvalue weighted by Gasteiger charge is 2.48. The van der Waals surface area contributed by atoms with Crippen molar-refractivity contribution in [2.24, 2.45) is 5.41 Å². The maximum Gasteiger partial charge on any atom is 0.328 e. The second-order valence-corrected chi connectivity index (χ2v) is 10.6. The Balaban J connectivity index is 1.52. The molecule has 0 saturated carbocycles. The van der Waals surface area contributed by atoms with Gasteiger partial charge in [0.05, 0.1) is 6.10 Å². The topological polar surface area (TPSA) is 52.6 Å². The molecule has 1 aliphatic carbocycles. The summed E-state index contributed by atoms with van der Waals surface area (Å²) in [7, 11) is 0. The molecule has 4 rings (SSSR count). The highest BCUT2D eigenvalue weighted by Crippen LogP contribution is 2.38. The Labute approximate surface area is 238 Å². The van der Waals surface area contributed by atoms with Crippen LogP contribution >= 0.6 is 0 Å². The molecule has 0 saturated heterocycles. The number of carbonyl (C=O) groups excluding carboxylic acids is 2. The molecular weight excluding hydrogens is 496 g/mol. The van der Waals surface area contributed by atoms with Crippen LogP contribution in [0.1, 0.15) is 76.5 Å². The van der Waals surface area contributed by atoms with Gasteiger partial charge >= 0.3 is 11.9 Å². The Kier molecular flexibility index (Phi) is 10.1. The number of unbranched alkanes of at least 4 members (excludes halogenated alkanes) is 3. The van der Waals surface area contributed by atoms with E-state index < -0.39 is 23.5 Å². The highest BCUT2D eigenvalue weighted by atomic mass is 16.6. The lowest BCUT2D eigenvalue weighted by atomic mass is 9.78. The third kappa shape index (κ3) is 7.18. The van der Waals surface area contributed by atoms with Crippen LogP contribution < -0.4 is 0 Å². The predicted molar refractivity (Wildman–Crippen MR) is 161 cm³/mol. The molecule has 4 nitrogen and oxygen atoms in total. The summed E-state index contributed by atoms with van der Waals surface area (Å²) in [5.41, 5.74) is 3.62. The van der Waals surface area contributed by atoms with E-state index in [1.807, 2.05) is 74.5 Å². The third-order valence-electron chi connectivity index (χ3n) is 7.57. The molecule has 0 fully saturated rings. The minimum Gasteiger partial charge on any atom is -0.462 e. The normalized spacial score (nSPS) is 17.9. The van der Waals surface area contributed by atoms with E-state index in [4.69, 9.17) is 9.47 Å². The predicted octanol–water partition coefficient (Wildman–Crippen LogP) is 8.89. The van der Waals surface area contributed by atoms with Crippen molar-refractivity contribution in [1.29, 1.82) is 0 Å². The fraction of sp³-hybridized carbons (Fsp3) is 0.333. The van der Waals surface area contributed by atoms with Gasteiger partial charge in [-0.05, 0) is 60.9 Å². The number of rotatable bonds is 12. The first-order chi connectivity index (χ1) is 19.4. The molecule has 3 aromatic rings. The van der Waals surface area contributed by atoms with E-state index in [2.05, 4.69) is 43.3 Å². The van der Waals surface area contributed by atoms with Gasteiger partial charge in [0, 0.05) is 0 Å². The van der Waals surface area contributed by atoms with Crippen LogP contribution in [0.15, 0.2) is 103 Å². The van der Waals surface area contributed by atoms with Crippen LogP contribution in [0.4, 0.5) is 0 Å². The van der Waals surface area contributed by atoms with Gasteiger partial charge < -0.3 is 9.47 Å². The molecular formula is C36H40O4. The van der Waals surface area contributed by atoms with Gasteiger partial charge in [-0.25, -0.2) is 0 Å². The Morgan fingerprint density at radius 3 is 1.98 bits per heavy atom. The van der Waals surface area contributed by atoms with E-state index in [0.29, 0.717) is 0 Å². The molecule has 3 aromatic carbocycles. The summed E-state index contributed by atoms with van der Waals surface area (Å²) in [4.78, 5) is 27.3. The molecule has 0 heterocycles. The zero-order valence-corrected chi connectivity index (χ0v) is 23.8. The van der Waals surface area contributed by atoms with Gasteiger partial charge in [-0.1, -0.05) is 129 Å². The molecule has 0 aliphatic heterocycles. The molecule has 0 amide bonds. The molecule has 0 N–H and O–H groups in total. The van der Waals surface area contributed by atoms with Crippen LogP contribution in [0.2, 0.25) is 0 Å². The van der Waals surface area contributed by atoms with Gasteiger partial charge in [0.25, 0.3) is 0 Å². The molecule has 1 aliphatic rings. The lowest BCUT2D eigenvalue weighted by Gasteiger charge is -2.31. The summed E-state index contributed by atoms with van der Waals surface area (Å²) < 4.78 is 11.7. The summed E-state index contributed by atoms with van der Waals surface area (Å²) in [6.07, 6.45) is 10.1. The summed E-state index contributed by atoms with van der Waals surface area (Å²) in [5.74, 6) is -1.13. The Morgan fingerprint density at radius 2 is 1.35 bits per heavy atom. The van der Waals surface area contributed by atoms with Crippen molar-refractivity contribution in [2.75, 3.05) is 0 Å². The van der Waals surface area contributed by atoms with Crippen LogP contribution in [-0.2, 0) is 19.1 Å². The third-order valence-corrected chi connectivity index (χ3v) is 7.57. The summed E-state index contributed by atoms with van der Waals surface area (Å²) in [6, 6.07) is 28.1. The molecule has 0 bridgehead atoms. The van der Waals surface area contributed by atoms with E-state index in [1.165, 1.54) is 0 Å². The molecule has 0 spiro atoms. The fourth-order valence-corrected chi connectivity index (χ4v) is 4.99. The lowest BCUT2D eigenvalue weighted by molar-refractivity contribution is -0.174. The molecule has 0 aromatic heterocycles. The monoisotopic (exact) mass is 536 g/mol. The maximum atomic E-state index is 13.7. The van der Waals surface area contributed by atoms with Crippen LogP contribution in [-0.4, -0.2) is 18.0 Å². The molecule has 1 unspecified atom stereocenters. The second-order valence-electron chi connectivity index (χ2n) is 10.6. The Bertz CT molecular complexity index is 1310. The van der Waals surface area contributed by atoms with E-state index in [9.17, 15) is 9.59 Å². The van der Waals surface area contributed by atoms with Crippen molar-refractivity contribution in [2.45, 2.75) is 71.5 Å². The van der Waals surface area contributed by atoms with E-state index >= 15 is 0 Å². The minimum absolute atomic E-state index is 0.182. The van der Waals surface area contributed by atoms with Gasteiger partial charge in [0.1, 0.15) is 6.10 Å². The number of ether oxygens (including phenoxy) is 2. The fourth-order valence-electron chi connectivity index (χ4n) is 4.99. The van der Waals surface area contributed by atoms with Crippen molar-refractivity contribution in [3.8, 4) is 11.1 Å². The second kappa shape index (κ2) is 13.9. The highest BCUT2D eigenvalue weighted by molar-refractivity contribution is 6.04. The van der Waals surface area contributed by atoms with Gasteiger partial charge in [-0.2, -0.15) is 0 Å². The number of allylic oxidation sites excluding steroid dienone is 3. The van der Waals surface area contributed by atoms with E-state index in [0.717, 1.165) is 59.9 Å². The quantitative estimate of drug-likeness (QED) is 0.132. The van der Waals surface area contributed by atoms with E-state index in [-0.39, 0.29) is 12.5 Å². The van der Waals surface area contributed by atoms with Gasteiger partial charge in [-0.3, -0.25) is 9.59 Å². The van der Waals surface area contributed by atoms with Crippen LogP contribution in [0.25, 0.3) is 16.7 Å². The first-order valence-electron chi connectivity index (χ1n) is 14.5. The summed E-state index contributed by atoms with van der Waals surface area (Å²) in [5, 5.41) is 0. The number of carbonyl (C=O) groups is 2. The Morgan fingerprint density at radius 1 is 0.750 bits per heavy atom. The van der Waals surface area contributed by atoms with Crippen molar-refractivity contribution in [3.63, 3.8) is 0 Å². The zero-order chi connectivity index (χ0) is 28.4. The smallest absolute Gasteiger partial charge is 0.328 e. The minimum atomic E-state index is -1.52. The molecule has 4 heteroatoms. The van der Waals surface area contributed by atoms with Crippen molar-refractivity contribution < 1.29 is 19.1 Å². The van der Waals surface area contributed by atoms with Crippen LogP contribution in [0.3, 0.4) is 0 Å². The standard InChI is InChI=1S/C36H40O4/c1-4-5-6-9-14-27(2)39-34(37)36(35(38)40-28(3)29-15-10-7-11-16-29)25-23-33(24-26-36)32-21-19-31(20-22-32)30-17-12-8-13-18-30/h7-8,10-13,15-25,27-28H,4-6,9,14,26H2,1-3H3/t27-,28+,36?/m1/s1. The molecule has 40 heavy (non-hydrogen) atoms. The average Bonchev–Trinajstić information content (AvgIpc) is 3.00. The number of hydrogen-bond acceptors (Lipinski definition) is 4. The Hall–Kier alpha value is -3.92. The first-order valence-corrected chi connectivity index (χ1v) is 14.5. The number of benzene rings is 3. The zero-order valence-electron chi connectivity index (χ0n) is 23.8. The number of esters is 2. The molecule has 3 atom stereocenters. The first kappa shape index (κ1) is 29.1. The van der Waals surface area contributed by atoms with Crippen LogP contribution in [0.5, 0.6) is 0 Å². The SMILES string of the molecule is CCCCCC[C@@H](C)OC(=O)C1(C(=O)O[C@@H](C)c2ccccc2)C=CC(c2ccc(-c3ccccc3)cc2)=CC1. The summed E-state index contributed by atoms with van der Waals surface area (Å²) in [6.45, 7) is 5.90. The van der Waals surface area contributed by atoms with E-state index in [1.54, 1.807) is 6.08 Å². The van der Waals surface area contributed by atoms with Gasteiger partial charge in [0.2, 0.25) is 0 Å². The van der Waals surface area contributed by atoms with Crippen molar-refractivity contribution in [1.82, 2.24) is 0 Å². The lowest BCUT2D eigenvalue weighted by Crippen LogP contribution is -2.42. The average molecular weight is 537 g/mol.